The van der Waals surface area contributed by atoms with Crippen LogP contribution in [0.2, 0.25) is 0 Å². The summed E-state index contributed by atoms with van der Waals surface area (Å²) < 4.78 is 61.9. The highest BCUT2D eigenvalue weighted by molar-refractivity contribution is 5.69. The Bertz CT molecular complexity index is 1530. The first-order chi connectivity index (χ1) is 25.0. The molecule has 19 heteroatoms. The van der Waals surface area contributed by atoms with E-state index >= 15 is 0 Å². The van der Waals surface area contributed by atoms with Gasteiger partial charge in [0.2, 0.25) is 6.29 Å². The van der Waals surface area contributed by atoms with Gasteiger partial charge in [-0.2, -0.15) is 5.26 Å². The van der Waals surface area contributed by atoms with E-state index in [1.54, 1.807) is 30.3 Å². The van der Waals surface area contributed by atoms with Crippen molar-refractivity contribution in [3.63, 3.8) is 0 Å². The van der Waals surface area contributed by atoms with Crippen LogP contribution in [0.3, 0.4) is 0 Å². The third-order valence-electron chi connectivity index (χ3n) is 7.36. The van der Waals surface area contributed by atoms with Crippen LogP contribution in [-0.2, 0) is 85.7 Å². The molecule has 2 aliphatic heterocycles. The molecule has 1 aromatic rings. The van der Waals surface area contributed by atoms with Gasteiger partial charge in [-0.1, -0.05) is 30.3 Å². The van der Waals surface area contributed by atoms with Crippen LogP contribution in [0.25, 0.3) is 0 Å². The fourth-order valence-corrected chi connectivity index (χ4v) is 5.56. The SMILES string of the molecule is CC(=O)OC[C@H]1O[C@@H](OC[C@H]2O[C@@H](O[C@H](C#N)c3ccccc3)[C@H](OC(C)=O)[C@@H](OC(C)=O)[C@@H]2OC(C)=O)[C@H](OC(C)=O)[C@@H](OC(C)=O)[C@@H]1OC(C)=O. The third kappa shape index (κ3) is 12.5. The number of benzene rings is 1. The van der Waals surface area contributed by atoms with Gasteiger partial charge in [0.15, 0.2) is 49.0 Å². The Morgan fingerprint density at radius 3 is 1.40 bits per heavy atom. The average molecular weight is 752 g/mol. The summed E-state index contributed by atoms with van der Waals surface area (Å²) in [7, 11) is 0. The van der Waals surface area contributed by atoms with Gasteiger partial charge in [0.25, 0.3) is 0 Å². The minimum atomic E-state index is -1.69. The van der Waals surface area contributed by atoms with E-state index in [4.69, 9.17) is 52.1 Å². The van der Waals surface area contributed by atoms with Crippen LogP contribution in [0.15, 0.2) is 30.3 Å². The Labute approximate surface area is 303 Å². The van der Waals surface area contributed by atoms with Gasteiger partial charge in [-0.25, -0.2) is 0 Å². The minimum Gasteiger partial charge on any atom is -0.463 e. The lowest BCUT2D eigenvalue weighted by Crippen LogP contribution is -2.65. The van der Waals surface area contributed by atoms with Crippen molar-refractivity contribution in [1.29, 1.82) is 5.26 Å². The van der Waals surface area contributed by atoms with Crippen molar-refractivity contribution in [2.45, 2.75) is 116 Å². The minimum absolute atomic E-state index is 0.386. The normalized spacial score (nSPS) is 28.5. The molecular weight excluding hydrogens is 710 g/mol. The Morgan fingerprint density at radius 2 is 0.962 bits per heavy atom. The van der Waals surface area contributed by atoms with E-state index in [-0.39, 0.29) is 0 Å². The maximum atomic E-state index is 12.4. The smallest absolute Gasteiger partial charge is 0.303 e. The van der Waals surface area contributed by atoms with Crippen molar-refractivity contribution in [2.75, 3.05) is 13.2 Å². The van der Waals surface area contributed by atoms with Gasteiger partial charge in [-0.05, 0) is 5.56 Å². The maximum absolute atomic E-state index is 12.4. The molecule has 0 saturated carbocycles. The molecule has 0 unspecified atom stereocenters. The molecule has 19 nitrogen and oxygen atoms in total. The van der Waals surface area contributed by atoms with E-state index in [0.29, 0.717) is 5.56 Å². The third-order valence-corrected chi connectivity index (χ3v) is 7.36. The molecule has 0 aromatic heterocycles. The van der Waals surface area contributed by atoms with E-state index < -0.39 is 123 Å². The van der Waals surface area contributed by atoms with E-state index in [2.05, 4.69) is 0 Å². The summed E-state index contributed by atoms with van der Waals surface area (Å²) in [5.41, 5.74) is 0.386. The van der Waals surface area contributed by atoms with Crippen molar-refractivity contribution >= 4 is 41.8 Å². The van der Waals surface area contributed by atoms with Crippen LogP contribution in [0.4, 0.5) is 0 Å². The van der Waals surface area contributed by atoms with Crippen LogP contribution >= 0.6 is 0 Å². The molecule has 2 heterocycles. The summed E-state index contributed by atoms with van der Waals surface area (Å²) in [6.45, 7) is 6.18. The van der Waals surface area contributed by atoms with Crippen LogP contribution in [0.5, 0.6) is 0 Å². The average Bonchev–Trinajstić information content (AvgIpc) is 3.05. The monoisotopic (exact) mass is 751 g/mol. The number of hydrogen-bond donors (Lipinski definition) is 0. The molecule has 1 aromatic carbocycles. The molecule has 0 spiro atoms. The Morgan fingerprint density at radius 1 is 0.566 bits per heavy atom. The molecule has 3 rings (SSSR count). The van der Waals surface area contributed by atoms with E-state index in [1.165, 1.54) is 0 Å². The van der Waals surface area contributed by atoms with Crippen LogP contribution in [-0.4, -0.2) is 116 Å². The summed E-state index contributed by atoms with van der Waals surface area (Å²) in [5, 5.41) is 9.99. The largest absolute Gasteiger partial charge is 0.463 e. The second kappa shape index (κ2) is 19.6. The molecule has 53 heavy (non-hydrogen) atoms. The summed E-state index contributed by atoms with van der Waals surface area (Å²) in [6.07, 6.45) is -16.9. The highest BCUT2D eigenvalue weighted by Crippen LogP contribution is 2.35. The lowest BCUT2D eigenvalue weighted by molar-refractivity contribution is -0.337. The van der Waals surface area contributed by atoms with Crippen molar-refractivity contribution < 1.29 is 85.7 Å². The van der Waals surface area contributed by atoms with Crippen molar-refractivity contribution in [3.05, 3.63) is 35.9 Å². The van der Waals surface area contributed by atoms with Crippen LogP contribution in [0.1, 0.15) is 60.1 Å². The summed E-state index contributed by atoms with van der Waals surface area (Å²) in [5.74, 6) is -6.00. The summed E-state index contributed by atoms with van der Waals surface area (Å²) in [6, 6.07) is 10.2. The zero-order valence-corrected chi connectivity index (χ0v) is 29.9. The Balaban J connectivity index is 2.08. The number of hydrogen-bond acceptors (Lipinski definition) is 19. The number of nitrogens with zero attached hydrogens (tertiary/aromatic N) is 1. The molecule has 0 bridgehead atoms. The van der Waals surface area contributed by atoms with Crippen molar-refractivity contribution in [3.8, 4) is 6.07 Å². The van der Waals surface area contributed by atoms with Gasteiger partial charge in [0.05, 0.1) is 12.7 Å². The maximum Gasteiger partial charge on any atom is 0.303 e. The van der Waals surface area contributed by atoms with Crippen molar-refractivity contribution in [1.82, 2.24) is 0 Å². The Kier molecular flexibility index (Phi) is 15.6. The number of nitriles is 1. The molecule has 0 aliphatic carbocycles. The molecular formula is C34H41NO18. The summed E-state index contributed by atoms with van der Waals surface area (Å²) >= 11 is 0. The van der Waals surface area contributed by atoms with Crippen LogP contribution in [0, 0.1) is 11.3 Å². The van der Waals surface area contributed by atoms with E-state index in [1.807, 2.05) is 6.07 Å². The van der Waals surface area contributed by atoms with Gasteiger partial charge in [0.1, 0.15) is 18.8 Å². The van der Waals surface area contributed by atoms with Crippen molar-refractivity contribution in [2.24, 2.45) is 0 Å². The first-order valence-corrected chi connectivity index (χ1v) is 16.2. The van der Waals surface area contributed by atoms with Gasteiger partial charge in [0, 0.05) is 48.5 Å². The predicted molar refractivity (Wildman–Crippen MR) is 169 cm³/mol. The van der Waals surface area contributed by atoms with Crippen LogP contribution < -0.4 is 0 Å². The fourth-order valence-electron chi connectivity index (χ4n) is 5.56. The quantitative estimate of drug-likeness (QED) is 0.189. The molecule has 0 radical (unpaired) electrons. The van der Waals surface area contributed by atoms with Gasteiger partial charge in [-0.15, -0.1) is 0 Å². The molecule has 0 N–H and O–H groups in total. The van der Waals surface area contributed by atoms with Gasteiger partial charge >= 0.3 is 41.8 Å². The standard InChI is InChI=1S/C34H41NO18/c1-16(36)43-14-25-27(45-17(2)37)29(47-19(4)39)31(49-21(6)41)33(52-25)44-15-26-28(46-18(3)38)30(48-20(5)40)32(50-22(7)42)34(53-26)51-24(13-35)23-11-9-8-10-12-23/h8-12,24-34H,14-15H2,1-7H3/t24-,25-,26-,27-,28-,29+,30+,31-,32-,33-,34-/m1/s1. The Hall–Kier alpha value is -5.16. The lowest BCUT2D eigenvalue weighted by atomic mass is 9.97. The number of carbonyl (C=O) groups excluding carboxylic acids is 7. The number of ether oxygens (including phenoxy) is 11. The lowest BCUT2D eigenvalue weighted by Gasteiger charge is -2.46. The molecule has 2 fully saturated rings. The zero-order valence-electron chi connectivity index (χ0n) is 29.9. The van der Waals surface area contributed by atoms with Gasteiger partial charge in [-0.3, -0.25) is 33.6 Å². The van der Waals surface area contributed by atoms with E-state index in [0.717, 1.165) is 48.5 Å². The number of rotatable bonds is 14. The first kappa shape index (κ1) is 42.3. The number of carbonyl (C=O) groups is 7. The molecule has 0 amide bonds. The molecule has 2 aliphatic rings. The predicted octanol–water partition coefficient (Wildman–Crippen LogP) is 0.888. The second-order valence-electron chi connectivity index (χ2n) is 11.7. The highest BCUT2D eigenvalue weighted by atomic mass is 16.8. The fraction of sp³-hybridized carbons (Fsp3) is 0.588. The van der Waals surface area contributed by atoms with Gasteiger partial charge < -0.3 is 52.1 Å². The zero-order chi connectivity index (χ0) is 39.4. The highest BCUT2D eigenvalue weighted by Gasteiger charge is 2.56. The molecule has 290 valence electrons. The first-order valence-electron chi connectivity index (χ1n) is 16.2. The topological polar surface area (TPSA) is 245 Å². The molecule has 11 atom stereocenters. The second-order valence-corrected chi connectivity index (χ2v) is 11.7. The summed E-state index contributed by atoms with van der Waals surface area (Å²) in [4.78, 5) is 85.3. The molecule has 2 saturated heterocycles. The van der Waals surface area contributed by atoms with E-state index in [9.17, 15) is 38.8 Å². The number of esters is 7.